The Kier molecular flexibility index (Phi) is 9.29. The third kappa shape index (κ3) is 7.89. The molecule has 0 aliphatic carbocycles. The highest BCUT2D eigenvalue weighted by Crippen LogP contribution is 2.03. The fourth-order valence-electron chi connectivity index (χ4n) is 1.35. The van der Waals surface area contributed by atoms with Gasteiger partial charge in [0.25, 0.3) is 0 Å². The standard InChI is InChI=1S/C12H25N/c1-4-7-8-9-10-11-12-13(5-2)6-3/h11-12H,4-10H2,1-3H3/b12-11+. The highest BCUT2D eigenvalue weighted by Gasteiger charge is 1.88. The summed E-state index contributed by atoms with van der Waals surface area (Å²) in [5.74, 6) is 0. The quantitative estimate of drug-likeness (QED) is 0.517. The van der Waals surface area contributed by atoms with Crippen LogP contribution in [0.3, 0.4) is 0 Å². The first-order valence-corrected chi connectivity index (χ1v) is 5.75. The van der Waals surface area contributed by atoms with Crippen molar-refractivity contribution >= 4 is 0 Å². The molecule has 0 amide bonds. The first-order valence-electron chi connectivity index (χ1n) is 5.75. The number of rotatable bonds is 8. The number of nitrogens with zero attached hydrogens (tertiary/aromatic N) is 1. The maximum absolute atomic E-state index is 2.33. The maximum atomic E-state index is 2.33. The Morgan fingerprint density at radius 2 is 1.62 bits per heavy atom. The van der Waals surface area contributed by atoms with Gasteiger partial charge in [0.05, 0.1) is 0 Å². The summed E-state index contributed by atoms with van der Waals surface area (Å²) in [6.07, 6.45) is 11.3. The van der Waals surface area contributed by atoms with Gasteiger partial charge in [0.1, 0.15) is 0 Å². The third-order valence-corrected chi connectivity index (χ3v) is 2.35. The molecule has 1 nitrogen and oxygen atoms in total. The van der Waals surface area contributed by atoms with E-state index in [1.165, 1.54) is 32.1 Å². The largest absolute Gasteiger partial charge is 0.378 e. The molecule has 0 heterocycles. The van der Waals surface area contributed by atoms with E-state index in [-0.39, 0.29) is 0 Å². The molecule has 0 aromatic rings. The summed E-state index contributed by atoms with van der Waals surface area (Å²) in [5.41, 5.74) is 0. The molecule has 0 unspecified atom stereocenters. The topological polar surface area (TPSA) is 3.24 Å². The Labute approximate surface area is 83.8 Å². The summed E-state index contributed by atoms with van der Waals surface area (Å²) in [7, 11) is 0. The molecule has 78 valence electrons. The highest BCUT2D eigenvalue weighted by molar-refractivity contribution is 4.81. The minimum atomic E-state index is 1.13. The van der Waals surface area contributed by atoms with Crippen molar-refractivity contribution in [3.63, 3.8) is 0 Å². The zero-order valence-electron chi connectivity index (χ0n) is 9.55. The van der Waals surface area contributed by atoms with Gasteiger partial charge in [0.15, 0.2) is 0 Å². The van der Waals surface area contributed by atoms with E-state index in [4.69, 9.17) is 0 Å². The molecule has 0 radical (unpaired) electrons. The molecule has 0 saturated carbocycles. The number of allylic oxidation sites excluding steroid dienone is 1. The number of hydrogen-bond acceptors (Lipinski definition) is 1. The monoisotopic (exact) mass is 183 g/mol. The summed E-state index contributed by atoms with van der Waals surface area (Å²) in [6.45, 7) is 8.91. The summed E-state index contributed by atoms with van der Waals surface area (Å²) in [6, 6.07) is 0. The van der Waals surface area contributed by atoms with Gasteiger partial charge in [-0.25, -0.2) is 0 Å². The lowest BCUT2D eigenvalue weighted by atomic mass is 10.1. The van der Waals surface area contributed by atoms with E-state index in [1.54, 1.807) is 0 Å². The van der Waals surface area contributed by atoms with Crippen LogP contribution in [0.2, 0.25) is 0 Å². The van der Waals surface area contributed by atoms with Crippen molar-refractivity contribution in [1.82, 2.24) is 4.90 Å². The predicted molar refractivity (Wildman–Crippen MR) is 60.8 cm³/mol. The van der Waals surface area contributed by atoms with Gasteiger partial charge >= 0.3 is 0 Å². The van der Waals surface area contributed by atoms with Crippen molar-refractivity contribution in [2.75, 3.05) is 13.1 Å². The SMILES string of the molecule is CCCCCC/C=C/N(CC)CC. The molecular formula is C12H25N. The predicted octanol–water partition coefficient (Wildman–Crippen LogP) is 3.81. The lowest BCUT2D eigenvalue weighted by Crippen LogP contribution is -2.14. The van der Waals surface area contributed by atoms with Crippen molar-refractivity contribution in [3.8, 4) is 0 Å². The fourth-order valence-corrected chi connectivity index (χ4v) is 1.35. The van der Waals surface area contributed by atoms with Crippen LogP contribution in [0.25, 0.3) is 0 Å². The van der Waals surface area contributed by atoms with Gasteiger partial charge < -0.3 is 4.90 Å². The molecule has 13 heavy (non-hydrogen) atoms. The van der Waals surface area contributed by atoms with Crippen molar-refractivity contribution in [3.05, 3.63) is 12.3 Å². The minimum Gasteiger partial charge on any atom is -0.378 e. The molecule has 0 aliphatic heterocycles. The van der Waals surface area contributed by atoms with Crippen LogP contribution < -0.4 is 0 Å². The van der Waals surface area contributed by atoms with Crippen LogP contribution in [0.1, 0.15) is 52.9 Å². The summed E-state index contributed by atoms with van der Waals surface area (Å²) in [5, 5.41) is 0. The second kappa shape index (κ2) is 9.63. The van der Waals surface area contributed by atoms with Gasteiger partial charge in [-0.1, -0.05) is 32.3 Å². The van der Waals surface area contributed by atoms with Crippen LogP contribution in [-0.4, -0.2) is 18.0 Å². The molecule has 0 aromatic heterocycles. The van der Waals surface area contributed by atoms with E-state index < -0.39 is 0 Å². The van der Waals surface area contributed by atoms with Gasteiger partial charge in [-0.15, -0.1) is 0 Å². The molecule has 0 spiro atoms. The van der Waals surface area contributed by atoms with Crippen molar-refractivity contribution in [2.24, 2.45) is 0 Å². The van der Waals surface area contributed by atoms with Gasteiger partial charge in [0, 0.05) is 13.1 Å². The smallest absolute Gasteiger partial charge is 0.0143 e. The summed E-state index contributed by atoms with van der Waals surface area (Å²) >= 11 is 0. The molecule has 0 bridgehead atoms. The average Bonchev–Trinajstić information content (AvgIpc) is 2.17. The molecular weight excluding hydrogens is 158 g/mol. The van der Waals surface area contributed by atoms with Crippen LogP contribution in [0, 0.1) is 0 Å². The summed E-state index contributed by atoms with van der Waals surface area (Å²) in [4.78, 5) is 2.33. The molecule has 0 aliphatic rings. The second-order valence-electron chi connectivity index (χ2n) is 3.46. The van der Waals surface area contributed by atoms with Crippen molar-refractivity contribution < 1.29 is 0 Å². The van der Waals surface area contributed by atoms with Gasteiger partial charge in [-0.3, -0.25) is 0 Å². The number of hydrogen-bond donors (Lipinski definition) is 0. The molecule has 0 N–H and O–H groups in total. The fraction of sp³-hybridized carbons (Fsp3) is 0.833. The first-order chi connectivity index (χ1) is 6.35. The third-order valence-electron chi connectivity index (χ3n) is 2.35. The van der Waals surface area contributed by atoms with Crippen LogP contribution in [0.5, 0.6) is 0 Å². The van der Waals surface area contributed by atoms with Crippen molar-refractivity contribution in [1.29, 1.82) is 0 Å². The van der Waals surface area contributed by atoms with Crippen LogP contribution in [-0.2, 0) is 0 Å². The molecule has 0 fully saturated rings. The molecule has 1 heteroatoms. The average molecular weight is 183 g/mol. The Balaban J connectivity index is 3.28. The zero-order chi connectivity index (χ0) is 9.94. The van der Waals surface area contributed by atoms with E-state index in [1.807, 2.05) is 0 Å². The lowest BCUT2D eigenvalue weighted by Gasteiger charge is -2.14. The molecule has 0 atom stereocenters. The first kappa shape index (κ1) is 12.5. The Bertz CT molecular complexity index is 114. The van der Waals surface area contributed by atoms with E-state index in [2.05, 4.69) is 37.9 Å². The Morgan fingerprint density at radius 1 is 0.923 bits per heavy atom. The van der Waals surface area contributed by atoms with E-state index in [0.717, 1.165) is 13.1 Å². The van der Waals surface area contributed by atoms with Crippen LogP contribution >= 0.6 is 0 Å². The second-order valence-corrected chi connectivity index (χ2v) is 3.46. The molecule has 0 rings (SSSR count). The Hall–Kier alpha value is -0.460. The highest BCUT2D eigenvalue weighted by atomic mass is 15.1. The normalized spacial score (nSPS) is 11.0. The van der Waals surface area contributed by atoms with Crippen LogP contribution in [0.15, 0.2) is 12.3 Å². The van der Waals surface area contributed by atoms with E-state index in [0.29, 0.717) is 0 Å². The number of unbranched alkanes of at least 4 members (excludes halogenated alkanes) is 4. The van der Waals surface area contributed by atoms with E-state index in [9.17, 15) is 0 Å². The van der Waals surface area contributed by atoms with Crippen LogP contribution in [0.4, 0.5) is 0 Å². The van der Waals surface area contributed by atoms with E-state index >= 15 is 0 Å². The molecule has 0 saturated heterocycles. The van der Waals surface area contributed by atoms with Crippen molar-refractivity contribution in [2.45, 2.75) is 52.9 Å². The maximum Gasteiger partial charge on any atom is 0.0143 e. The minimum absolute atomic E-state index is 1.13. The van der Waals surface area contributed by atoms with Gasteiger partial charge in [-0.2, -0.15) is 0 Å². The molecule has 0 aromatic carbocycles. The van der Waals surface area contributed by atoms with Gasteiger partial charge in [0.2, 0.25) is 0 Å². The summed E-state index contributed by atoms with van der Waals surface area (Å²) < 4.78 is 0. The lowest BCUT2D eigenvalue weighted by molar-refractivity contribution is 0.417. The Morgan fingerprint density at radius 3 is 2.15 bits per heavy atom. The van der Waals surface area contributed by atoms with Gasteiger partial charge in [-0.05, 0) is 32.9 Å². The zero-order valence-corrected chi connectivity index (χ0v) is 9.55.